The largest absolute Gasteiger partial charge is 0.445 e. The van der Waals surface area contributed by atoms with Gasteiger partial charge in [0.1, 0.15) is 6.61 Å². The predicted octanol–water partition coefficient (Wildman–Crippen LogP) is 4.54. The van der Waals surface area contributed by atoms with E-state index >= 15 is 0 Å². The van der Waals surface area contributed by atoms with Crippen molar-refractivity contribution in [1.82, 2.24) is 10.3 Å². The third-order valence-corrected chi connectivity index (χ3v) is 4.30. The second kappa shape index (κ2) is 11.1. The van der Waals surface area contributed by atoms with Crippen LogP contribution in [0.25, 0.3) is 0 Å². The Morgan fingerprint density at radius 3 is 2.75 bits per heavy atom. The Hall–Kier alpha value is -2.87. The first kappa shape index (κ1) is 21.4. The van der Waals surface area contributed by atoms with E-state index in [9.17, 15) is 14.9 Å². The van der Waals surface area contributed by atoms with Gasteiger partial charge in [0.05, 0.1) is 4.92 Å². The summed E-state index contributed by atoms with van der Waals surface area (Å²) < 4.78 is 5.14. The third kappa shape index (κ3) is 7.03. The van der Waals surface area contributed by atoms with Crippen molar-refractivity contribution in [3.8, 4) is 0 Å². The smallest absolute Gasteiger partial charge is 0.407 e. The van der Waals surface area contributed by atoms with Crippen LogP contribution in [-0.4, -0.2) is 28.6 Å². The van der Waals surface area contributed by atoms with Crippen molar-refractivity contribution in [2.24, 2.45) is 0 Å². The van der Waals surface area contributed by atoms with E-state index in [2.05, 4.69) is 15.6 Å². The Kier molecular flexibility index (Phi) is 8.48. The van der Waals surface area contributed by atoms with Crippen LogP contribution in [0.1, 0.15) is 31.7 Å². The van der Waals surface area contributed by atoms with E-state index in [1.807, 2.05) is 37.3 Å². The molecule has 1 amide bonds. The van der Waals surface area contributed by atoms with Crippen LogP contribution in [0.4, 0.5) is 16.2 Å². The standard InChI is InChI=1S/C19H23ClN4O4/c1-14(23-17-16(24(26)27)10-12-21-18(17)20)7-5-6-11-22-19(25)28-13-15-8-3-2-4-9-15/h2-4,8-10,12,14,23H,5-7,11,13H2,1H3,(H,22,25)/t14-/m0/s1. The molecule has 2 N–H and O–H groups in total. The summed E-state index contributed by atoms with van der Waals surface area (Å²) in [6.07, 6.45) is 3.18. The summed E-state index contributed by atoms with van der Waals surface area (Å²) in [5, 5.41) is 16.9. The lowest BCUT2D eigenvalue weighted by Crippen LogP contribution is -2.25. The van der Waals surface area contributed by atoms with E-state index in [1.54, 1.807) is 0 Å². The minimum Gasteiger partial charge on any atom is -0.445 e. The fourth-order valence-corrected chi connectivity index (χ4v) is 2.78. The van der Waals surface area contributed by atoms with Crippen molar-refractivity contribution in [2.45, 2.75) is 38.8 Å². The lowest BCUT2D eigenvalue weighted by Gasteiger charge is -2.15. The van der Waals surface area contributed by atoms with Gasteiger partial charge in [-0.15, -0.1) is 0 Å². The van der Waals surface area contributed by atoms with Crippen LogP contribution >= 0.6 is 11.6 Å². The zero-order valence-corrected chi connectivity index (χ0v) is 16.3. The maximum atomic E-state index is 11.7. The Balaban J connectivity index is 1.64. The minimum atomic E-state index is -0.492. The van der Waals surface area contributed by atoms with Crippen molar-refractivity contribution < 1.29 is 14.5 Å². The van der Waals surface area contributed by atoms with E-state index in [0.29, 0.717) is 6.54 Å². The molecule has 1 aromatic heterocycles. The first-order valence-corrected chi connectivity index (χ1v) is 9.35. The van der Waals surface area contributed by atoms with Crippen LogP contribution in [0.15, 0.2) is 42.6 Å². The number of nitro groups is 1. The normalized spacial score (nSPS) is 11.5. The molecule has 0 fully saturated rings. The molecule has 0 aliphatic heterocycles. The minimum absolute atomic E-state index is 0.0366. The van der Waals surface area contributed by atoms with Gasteiger partial charge in [0.15, 0.2) is 10.8 Å². The first-order valence-electron chi connectivity index (χ1n) is 8.97. The van der Waals surface area contributed by atoms with Crippen LogP contribution in [0.5, 0.6) is 0 Å². The van der Waals surface area contributed by atoms with E-state index < -0.39 is 11.0 Å². The number of amides is 1. The molecule has 2 aromatic rings. The maximum Gasteiger partial charge on any atom is 0.407 e. The van der Waals surface area contributed by atoms with Crippen LogP contribution in [-0.2, 0) is 11.3 Å². The summed E-state index contributed by atoms with van der Waals surface area (Å²) >= 11 is 5.97. The van der Waals surface area contributed by atoms with E-state index in [-0.39, 0.29) is 29.2 Å². The van der Waals surface area contributed by atoms with Gasteiger partial charge in [0.25, 0.3) is 5.69 Å². The number of carbonyl (C=O) groups excluding carboxylic acids is 1. The van der Waals surface area contributed by atoms with E-state index in [1.165, 1.54) is 12.3 Å². The summed E-state index contributed by atoms with van der Waals surface area (Å²) in [6.45, 7) is 2.64. The third-order valence-electron chi connectivity index (χ3n) is 4.02. The number of benzene rings is 1. The molecule has 9 heteroatoms. The number of nitrogens with one attached hydrogen (secondary N) is 2. The summed E-state index contributed by atoms with van der Waals surface area (Å²) in [4.78, 5) is 26.1. The van der Waals surface area contributed by atoms with Crippen molar-refractivity contribution in [3.63, 3.8) is 0 Å². The molecule has 2 rings (SSSR count). The zero-order chi connectivity index (χ0) is 20.4. The zero-order valence-electron chi connectivity index (χ0n) is 15.6. The second-order valence-electron chi connectivity index (χ2n) is 6.28. The summed E-state index contributed by atoms with van der Waals surface area (Å²) in [5.74, 6) is 0. The molecule has 0 bridgehead atoms. The van der Waals surface area contributed by atoms with Crippen LogP contribution in [0.2, 0.25) is 5.15 Å². The highest BCUT2D eigenvalue weighted by atomic mass is 35.5. The SMILES string of the molecule is C[C@@H](CCCCNC(=O)OCc1ccccc1)Nc1c([N+](=O)[O-])ccnc1Cl. The lowest BCUT2D eigenvalue weighted by atomic mass is 10.1. The van der Waals surface area contributed by atoms with Gasteiger partial charge >= 0.3 is 6.09 Å². The molecule has 0 aliphatic carbocycles. The van der Waals surface area contributed by atoms with Crippen molar-refractivity contribution in [1.29, 1.82) is 0 Å². The molecule has 0 spiro atoms. The van der Waals surface area contributed by atoms with Gasteiger partial charge in [0.2, 0.25) is 0 Å². The van der Waals surface area contributed by atoms with Crippen LogP contribution in [0.3, 0.4) is 0 Å². The van der Waals surface area contributed by atoms with Crippen molar-refractivity contribution >= 4 is 29.1 Å². The average Bonchev–Trinajstić information content (AvgIpc) is 2.68. The van der Waals surface area contributed by atoms with Gasteiger partial charge in [0, 0.05) is 24.8 Å². The Bertz CT molecular complexity index is 789. The number of hydrogen-bond donors (Lipinski definition) is 2. The highest BCUT2D eigenvalue weighted by Crippen LogP contribution is 2.30. The number of hydrogen-bond acceptors (Lipinski definition) is 6. The van der Waals surface area contributed by atoms with Gasteiger partial charge < -0.3 is 15.4 Å². The number of carbonyl (C=O) groups is 1. The number of alkyl carbamates (subject to hydrolysis) is 1. The molecule has 1 atom stereocenters. The molecular weight excluding hydrogens is 384 g/mol. The molecule has 0 unspecified atom stereocenters. The van der Waals surface area contributed by atoms with Gasteiger partial charge in [-0.3, -0.25) is 10.1 Å². The number of ether oxygens (including phenoxy) is 1. The van der Waals surface area contributed by atoms with Crippen LogP contribution < -0.4 is 10.6 Å². The van der Waals surface area contributed by atoms with Gasteiger partial charge in [-0.2, -0.15) is 0 Å². The maximum absolute atomic E-state index is 11.7. The lowest BCUT2D eigenvalue weighted by molar-refractivity contribution is -0.384. The molecule has 1 aromatic carbocycles. The molecule has 0 saturated heterocycles. The second-order valence-corrected chi connectivity index (χ2v) is 6.64. The molecule has 28 heavy (non-hydrogen) atoms. The number of halogens is 1. The number of nitrogens with zero attached hydrogens (tertiary/aromatic N) is 2. The molecule has 150 valence electrons. The molecule has 1 heterocycles. The number of aromatic nitrogens is 1. The van der Waals surface area contributed by atoms with Gasteiger partial charge in [-0.25, -0.2) is 9.78 Å². The molecular formula is C19H23ClN4O4. The topological polar surface area (TPSA) is 106 Å². The monoisotopic (exact) mass is 406 g/mol. The summed E-state index contributed by atoms with van der Waals surface area (Å²) in [5.41, 5.74) is 1.06. The Morgan fingerprint density at radius 1 is 1.29 bits per heavy atom. The van der Waals surface area contributed by atoms with Crippen molar-refractivity contribution in [2.75, 3.05) is 11.9 Å². The number of pyridine rings is 1. The quantitative estimate of drug-likeness (QED) is 0.259. The number of anilines is 1. The number of unbranched alkanes of at least 4 members (excludes halogenated alkanes) is 1. The van der Waals surface area contributed by atoms with Gasteiger partial charge in [-0.1, -0.05) is 41.9 Å². The molecule has 0 radical (unpaired) electrons. The first-order chi connectivity index (χ1) is 13.5. The fourth-order valence-electron chi connectivity index (χ4n) is 2.57. The Labute approximate surface area is 168 Å². The summed E-state index contributed by atoms with van der Waals surface area (Å²) in [7, 11) is 0. The van der Waals surface area contributed by atoms with Crippen molar-refractivity contribution in [3.05, 3.63) is 63.4 Å². The van der Waals surface area contributed by atoms with Crippen LogP contribution in [0, 0.1) is 10.1 Å². The van der Waals surface area contributed by atoms with Gasteiger partial charge in [-0.05, 0) is 31.7 Å². The molecule has 0 saturated carbocycles. The summed E-state index contributed by atoms with van der Waals surface area (Å²) in [6, 6.07) is 10.7. The number of rotatable bonds is 10. The average molecular weight is 407 g/mol. The highest BCUT2D eigenvalue weighted by Gasteiger charge is 2.19. The highest BCUT2D eigenvalue weighted by molar-refractivity contribution is 6.32. The molecule has 0 aliphatic rings. The fraction of sp³-hybridized carbons (Fsp3) is 0.368. The Morgan fingerprint density at radius 2 is 2.04 bits per heavy atom. The van der Waals surface area contributed by atoms with E-state index in [4.69, 9.17) is 16.3 Å². The molecule has 8 nitrogen and oxygen atoms in total. The predicted molar refractivity (Wildman–Crippen MR) is 107 cm³/mol. The van der Waals surface area contributed by atoms with E-state index in [0.717, 1.165) is 24.8 Å².